The molecule has 1 fully saturated rings. The lowest BCUT2D eigenvalue weighted by molar-refractivity contribution is -0.384. The van der Waals surface area contributed by atoms with Gasteiger partial charge in [0.15, 0.2) is 11.5 Å². The van der Waals surface area contributed by atoms with Gasteiger partial charge in [0.2, 0.25) is 0 Å². The summed E-state index contributed by atoms with van der Waals surface area (Å²) in [5.74, 6) is -1.00. The summed E-state index contributed by atoms with van der Waals surface area (Å²) in [4.78, 5) is 40.9. The first kappa shape index (κ1) is 25.2. The molecule has 1 N–H and O–H groups in total. The number of Topliss-reactive ketones (excluding diaryl/α,β-unsaturated/α-hetero) is 1. The van der Waals surface area contributed by atoms with E-state index >= 15 is 0 Å². The predicted octanol–water partition coefficient (Wildman–Crippen LogP) is 3.52. The second-order valence-corrected chi connectivity index (χ2v) is 8.58. The Morgan fingerprint density at radius 1 is 1.11 bits per heavy atom. The number of nitro benzene ring substituents is 1. The zero-order chi connectivity index (χ0) is 25.8. The van der Waals surface area contributed by atoms with Crippen molar-refractivity contribution < 1.29 is 29.1 Å². The lowest BCUT2D eigenvalue weighted by Crippen LogP contribution is -2.33. The number of nitro groups is 1. The van der Waals surface area contributed by atoms with E-state index in [4.69, 9.17) is 9.47 Å². The topological polar surface area (TPSA) is 122 Å². The van der Waals surface area contributed by atoms with Crippen molar-refractivity contribution in [2.75, 3.05) is 39.4 Å². The molecule has 36 heavy (non-hydrogen) atoms. The summed E-state index contributed by atoms with van der Waals surface area (Å²) < 4.78 is 11.1. The Kier molecular flexibility index (Phi) is 7.54. The standard InChI is InChI=1S/C26H29N3O7/c1-3-27(4-2)11-6-12-28-23(17-7-5-8-19(15-17)29(33)34)22(25(31)26(28)32)24(30)18-9-10-20-21(16-18)36-14-13-35-20/h5,7-10,15-16,23,30H,3-4,6,11-14H2,1-2H3/b24-22-. The van der Waals surface area contributed by atoms with Crippen molar-refractivity contribution >= 4 is 23.1 Å². The van der Waals surface area contributed by atoms with Gasteiger partial charge in [0.1, 0.15) is 19.0 Å². The molecule has 10 heteroatoms. The van der Waals surface area contributed by atoms with Crippen LogP contribution in [0.4, 0.5) is 5.69 Å². The van der Waals surface area contributed by atoms with E-state index in [1.54, 1.807) is 24.3 Å². The molecule has 0 aliphatic carbocycles. The molecule has 0 aromatic heterocycles. The summed E-state index contributed by atoms with van der Waals surface area (Å²) in [6.45, 7) is 7.54. The molecule has 2 aromatic carbocycles. The molecule has 2 aliphatic rings. The van der Waals surface area contributed by atoms with Crippen molar-refractivity contribution in [2.24, 2.45) is 0 Å². The van der Waals surface area contributed by atoms with E-state index in [2.05, 4.69) is 4.90 Å². The van der Waals surface area contributed by atoms with Crippen LogP contribution in [0.15, 0.2) is 48.0 Å². The van der Waals surface area contributed by atoms with Gasteiger partial charge in [-0.15, -0.1) is 0 Å². The number of amides is 1. The molecule has 1 saturated heterocycles. The van der Waals surface area contributed by atoms with E-state index in [0.29, 0.717) is 36.7 Å². The fourth-order valence-electron chi connectivity index (χ4n) is 4.62. The molecular formula is C26H29N3O7. The largest absolute Gasteiger partial charge is 0.507 e. The fourth-order valence-corrected chi connectivity index (χ4v) is 4.62. The minimum absolute atomic E-state index is 0.111. The number of ether oxygens (including phenoxy) is 2. The maximum absolute atomic E-state index is 13.2. The van der Waals surface area contributed by atoms with Crippen LogP contribution in [0, 0.1) is 10.1 Å². The summed E-state index contributed by atoms with van der Waals surface area (Å²) in [7, 11) is 0. The average molecular weight is 496 g/mol. The average Bonchev–Trinajstić information content (AvgIpc) is 3.15. The number of fused-ring (bicyclic) bond motifs is 1. The highest BCUT2D eigenvalue weighted by Crippen LogP contribution is 2.41. The van der Waals surface area contributed by atoms with Crippen LogP contribution in [-0.4, -0.2) is 70.9 Å². The second-order valence-electron chi connectivity index (χ2n) is 8.58. The molecule has 190 valence electrons. The van der Waals surface area contributed by atoms with Crippen LogP contribution in [-0.2, 0) is 9.59 Å². The zero-order valence-corrected chi connectivity index (χ0v) is 20.3. The summed E-state index contributed by atoms with van der Waals surface area (Å²) in [5.41, 5.74) is 0.390. The molecule has 0 spiro atoms. The maximum Gasteiger partial charge on any atom is 0.295 e. The van der Waals surface area contributed by atoms with E-state index in [1.807, 2.05) is 13.8 Å². The van der Waals surface area contributed by atoms with Crippen LogP contribution in [0.3, 0.4) is 0 Å². The van der Waals surface area contributed by atoms with Crippen molar-refractivity contribution in [1.29, 1.82) is 0 Å². The molecule has 1 atom stereocenters. The van der Waals surface area contributed by atoms with Crippen molar-refractivity contribution in [1.82, 2.24) is 9.80 Å². The smallest absolute Gasteiger partial charge is 0.295 e. The predicted molar refractivity (Wildman–Crippen MR) is 132 cm³/mol. The Balaban J connectivity index is 1.77. The number of aliphatic hydroxyl groups excluding tert-OH is 1. The van der Waals surface area contributed by atoms with Crippen LogP contribution in [0.25, 0.3) is 5.76 Å². The van der Waals surface area contributed by atoms with Crippen molar-refractivity contribution in [2.45, 2.75) is 26.3 Å². The van der Waals surface area contributed by atoms with Gasteiger partial charge in [0.25, 0.3) is 17.4 Å². The Hall–Kier alpha value is -3.92. The van der Waals surface area contributed by atoms with E-state index in [1.165, 1.54) is 23.1 Å². The van der Waals surface area contributed by atoms with E-state index in [0.717, 1.165) is 19.6 Å². The number of ketones is 1. The lowest BCUT2D eigenvalue weighted by atomic mass is 9.94. The highest BCUT2D eigenvalue weighted by atomic mass is 16.6. The third-order valence-electron chi connectivity index (χ3n) is 6.52. The molecule has 4 rings (SSSR count). The van der Waals surface area contributed by atoms with Gasteiger partial charge in [0.05, 0.1) is 16.5 Å². The summed E-state index contributed by atoms with van der Waals surface area (Å²) in [6, 6.07) is 9.62. The minimum Gasteiger partial charge on any atom is -0.507 e. The van der Waals surface area contributed by atoms with E-state index in [-0.39, 0.29) is 29.1 Å². The Morgan fingerprint density at radius 2 is 1.83 bits per heavy atom. The molecule has 1 amide bonds. The molecule has 10 nitrogen and oxygen atoms in total. The highest BCUT2D eigenvalue weighted by Gasteiger charge is 2.46. The lowest BCUT2D eigenvalue weighted by Gasteiger charge is -2.26. The summed E-state index contributed by atoms with van der Waals surface area (Å²) >= 11 is 0. The van der Waals surface area contributed by atoms with Crippen LogP contribution < -0.4 is 9.47 Å². The number of hydrogen-bond donors (Lipinski definition) is 1. The number of non-ortho nitro benzene ring substituents is 1. The monoisotopic (exact) mass is 495 g/mol. The van der Waals surface area contributed by atoms with Gasteiger partial charge in [-0.25, -0.2) is 0 Å². The van der Waals surface area contributed by atoms with E-state index in [9.17, 15) is 24.8 Å². The third-order valence-corrected chi connectivity index (χ3v) is 6.52. The summed E-state index contributed by atoms with van der Waals surface area (Å²) in [5, 5.41) is 22.7. The Morgan fingerprint density at radius 3 is 2.53 bits per heavy atom. The van der Waals surface area contributed by atoms with Gasteiger partial charge >= 0.3 is 0 Å². The fraction of sp³-hybridized carbons (Fsp3) is 0.385. The van der Waals surface area contributed by atoms with Gasteiger partial charge in [-0.2, -0.15) is 0 Å². The Labute approximate surface area is 208 Å². The van der Waals surface area contributed by atoms with Gasteiger partial charge in [-0.3, -0.25) is 19.7 Å². The first-order valence-electron chi connectivity index (χ1n) is 12.0. The normalized spacial score (nSPS) is 18.6. The molecule has 0 bridgehead atoms. The SMILES string of the molecule is CCN(CC)CCCN1C(=O)C(=O)/C(=C(\O)c2ccc3c(c2)OCCO3)C1c1cccc([N+](=O)[O-])c1. The number of hydrogen-bond acceptors (Lipinski definition) is 8. The second kappa shape index (κ2) is 10.8. The summed E-state index contributed by atoms with van der Waals surface area (Å²) in [6.07, 6.45) is 0.601. The first-order valence-corrected chi connectivity index (χ1v) is 12.0. The molecule has 2 aliphatic heterocycles. The number of benzene rings is 2. The quantitative estimate of drug-likeness (QED) is 0.184. The minimum atomic E-state index is -0.963. The molecule has 0 saturated carbocycles. The number of rotatable bonds is 9. The van der Waals surface area contributed by atoms with E-state index < -0.39 is 22.7 Å². The van der Waals surface area contributed by atoms with Crippen LogP contribution in [0.5, 0.6) is 11.5 Å². The van der Waals surface area contributed by atoms with Crippen LogP contribution in [0.2, 0.25) is 0 Å². The first-order chi connectivity index (χ1) is 17.3. The van der Waals surface area contributed by atoms with Crippen molar-refractivity contribution in [3.8, 4) is 11.5 Å². The van der Waals surface area contributed by atoms with Gasteiger partial charge < -0.3 is 24.4 Å². The van der Waals surface area contributed by atoms with Gasteiger partial charge in [-0.1, -0.05) is 26.0 Å². The van der Waals surface area contributed by atoms with Gasteiger partial charge in [0, 0.05) is 24.2 Å². The zero-order valence-electron chi connectivity index (χ0n) is 20.3. The number of nitrogens with zero attached hydrogens (tertiary/aromatic N) is 3. The molecule has 2 aromatic rings. The van der Waals surface area contributed by atoms with Crippen molar-refractivity contribution in [3.05, 3.63) is 69.3 Å². The Bertz CT molecular complexity index is 1210. The number of carbonyl (C=O) groups excluding carboxylic acids is 2. The molecule has 2 heterocycles. The van der Waals surface area contributed by atoms with Crippen LogP contribution in [0.1, 0.15) is 37.4 Å². The van der Waals surface area contributed by atoms with Gasteiger partial charge in [-0.05, 0) is 49.8 Å². The number of carbonyl (C=O) groups is 2. The van der Waals surface area contributed by atoms with Crippen molar-refractivity contribution in [3.63, 3.8) is 0 Å². The van der Waals surface area contributed by atoms with Crippen LogP contribution >= 0.6 is 0 Å². The highest BCUT2D eigenvalue weighted by molar-refractivity contribution is 6.46. The molecular weight excluding hydrogens is 466 g/mol. The number of likely N-dealkylation sites (tertiary alicyclic amines) is 1. The molecule has 0 radical (unpaired) electrons. The number of aliphatic hydroxyl groups is 1. The molecule has 1 unspecified atom stereocenters. The maximum atomic E-state index is 13.2. The third kappa shape index (κ3) is 4.90.